The summed E-state index contributed by atoms with van der Waals surface area (Å²) in [5.74, 6) is 1.03. The van der Waals surface area contributed by atoms with Gasteiger partial charge in [-0.05, 0) is 12.8 Å². The van der Waals surface area contributed by atoms with E-state index in [9.17, 15) is 9.59 Å². The van der Waals surface area contributed by atoms with Crippen molar-refractivity contribution >= 4 is 36.0 Å². The minimum atomic E-state index is -0.511. The maximum Gasteiger partial charge on any atom is 0.315 e. The second-order valence-corrected chi connectivity index (χ2v) is 6.45. The van der Waals surface area contributed by atoms with Gasteiger partial charge in [-0.2, -0.15) is 11.8 Å². The lowest BCUT2D eigenvalue weighted by Gasteiger charge is -2.16. The highest BCUT2D eigenvalue weighted by atomic mass is 35.5. The summed E-state index contributed by atoms with van der Waals surface area (Å²) in [4.78, 5) is 22.7. The van der Waals surface area contributed by atoms with Gasteiger partial charge >= 0.3 is 6.03 Å². The van der Waals surface area contributed by atoms with Gasteiger partial charge in [0, 0.05) is 24.0 Å². The number of Topliss-reactive ketones (excluding diaryl/α,β-unsaturated/α-hetero) is 1. The molecule has 20 heavy (non-hydrogen) atoms. The molecule has 2 heterocycles. The molecule has 2 saturated heterocycles. The van der Waals surface area contributed by atoms with Gasteiger partial charge in [0.15, 0.2) is 5.78 Å². The number of unbranched alkanes of at least 4 members (excludes halogenated alkanes) is 1. The number of hydrogen-bond donors (Lipinski definition) is 4. The molecule has 0 aliphatic carbocycles. The molecule has 0 aromatic rings. The number of urea groups is 1. The van der Waals surface area contributed by atoms with Crippen LogP contribution in [0, 0.1) is 0 Å². The monoisotopic (exact) mass is 322 g/mol. The summed E-state index contributed by atoms with van der Waals surface area (Å²) in [5, 5.41) is 6.35. The van der Waals surface area contributed by atoms with Gasteiger partial charge in [0.2, 0.25) is 0 Å². The average molecular weight is 323 g/mol. The first-order valence-corrected chi connectivity index (χ1v) is 7.83. The highest BCUT2D eigenvalue weighted by molar-refractivity contribution is 8.00. The number of carbonyl (C=O) groups is 2. The Bertz CT molecular complexity index is 358. The van der Waals surface area contributed by atoms with Gasteiger partial charge in [0.1, 0.15) is 0 Å². The van der Waals surface area contributed by atoms with Crippen molar-refractivity contribution in [2.24, 2.45) is 11.5 Å². The SMILES string of the molecule is Cl.NCC(N)C(=O)CCCC[C@@H]1SC[C@@H]2NC(=O)N[C@@H]21. The summed E-state index contributed by atoms with van der Waals surface area (Å²) in [5.41, 5.74) is 10.9. The lowest BCUT2D eigenvalue weighted by molar-refractivity contribution is -0.120. The molecular formula is C12H23ClN4O2S. The van der Waals surface area contributed by atoms with Gasteiger partial charge in [0.05, 0.1) is 18.1 Å². The molecule has 2 aliphatic rings. The van der Waals surface area contributed by atoms with Crippen LogP contribution in [0.4, 0.5) is 4.79 Å². The van der Waals surface area contributed by atoms with Crippen molar-refractivity contribution in [1.82, 2.24) is 10.6 Å². The molecule has 0 aromatic heterocycles. The normalized spacial score (nSPS) is 29.1. The average Bonchev–Trinajstić information content (AvgIpc) is 2.93. The molecule has 1 unspecified atom stereocenters. The first-order chi connectivity index (χ1) is 9.11. The third-order valence-corrected chi connectivity index (χ3v) is 5.28. The number of hydrogen-bond acceptors (Lipinski definition) is 5. The van der Waals surface area contributed by atoms with Crippen molar-refractivity contribution in [3.05, 3.63) is 0 Å². The molecule has 0 bridgehead atoms. The Labute approximate surface area is 129 Å². The molecule has 0 aromatic carbocycles. The molecular weight excluding hydrogens is 300 g/mol. The quantitative estimate of drug-likeness (QED) is 0.389. The topological polar surface area (TPSA) is 110 Å². The molecule has 6 N–H and O–H groups in total. The molecule has 2 amide bonds. The first-order valence-electron chi connectivity index (χ1n) is 6.79. The number of nitrogens with one attached hydrogen (secondary N) is 2. The van der Waals surface area contributed by atoms with E-state index in [1.807, 2.05) is 11.8 Å². The van der Waals surface area contributed by atoms with Gasteiger partial charge in [-0.1, -0.05) is 6.42 Å². The van der Waals surface area contributed by atoms with Gasteiger partial charge in [0.25, 0.3) is 0 Å². The zero-order chi connectivity index (χ0) is 13.8. The summed E-state index contributed by atoms with van der Waals surface area (Å²) in [7, 11) is 0. The van der Waals surface area contributed by atoms with Gasteiger partial charge in [-0.25, -0.2) is 4.79 Å². The molecule has 8 heteroatoms. The fourth-order valence-corrected chi connectivity index (χ4v) is 4.15. The number of halogens is 1. The highest BCUT2D eigenvalue weighted by Crippen LogP contribution is 2.33. The minimum Gasteiger partial charge on any atom is -0.332 e. The fourth-order valence-electron chi connectivity index (χ4n) is 2.60. The van der Waals surface area contributed by atoms with E-state index in [0.717, 1.165) is 25.0 Å². The molecule has 6 nitrogen and oxygen atoms in total. The summed E-state index contributed by atoms with van der Waals surface area (Å²) in [6.45, 7) is 0.221. The van der Waals surface area contributed by atoms with Crippen molar-refractivity contribution in [3.63, 3.8) is 0 Å². The molecule has 4 atom stereocenters. The first kappa shape index (κ1) is 17.6. The van der Waals surface area contributed by atoms with Gasteiger partial charge in [-0.15, -0.1) is 12.4 Å². The molecule has 116 valence electrons. The Kier molecular flexibility index (Phi) is 7.08. The van der Waals surface area contributed by atoms with Crippen LogP contribution in [0.1, 0.15) is 25.7 Å². The summed E-state index contributed by atoms with van der Waals surface area (Å²) < 4.78 is 0. The lowest BCUT2D eigenvalue weighted by atomic mass is 10.0. The van der Waals surface area contributed by atoms with Crippen LogP contribution < -0.4 is 22.1 Å². The van der Waals surface area contributed by atoms with E-state index in [4.69, 9.17) is 11.5 Å². The molecule has 0 saturated carbocycles. The third-order valence-electron chi connectivity index (χ3n) is 3.77. The Morgan fingerprint density at radius 2 is 2.15 bits per heavy atom. The van der Waals surface area contributed by atoms with Crippen LogP contribution in [0.3, 0.4) is 0 Å². The zero-order valence-corrected chi connectivity index (χ0v) is 13.0. The van der Waals surface area contributed by atoms with Crippen LogP contribution in [-0.2, 0) is 4.79 Å². The maximum absolute atomic E-state index is 11.5. The van der Waals surface area contributed by atoms with E-state index in [-0.39, 0.29) is 42.8 Å². The van der Waals surface area contributed by atoms with E-state index in [2.05, 4.69) is 10.6 Å². The highest BCUT2D eigenvalue weighted by Gasteiger charge is 2.42. The number of fused-ring (bicyclic) bond motifs is 1. The van der Waals surface area contributed by atoms with Crippen molar-refractivity contribution in [3.8, 4) is 0 Å². The van der Waals surface area contributed by atoms with Crippen LogP contribution in [0.25, 0.3) is 0 Å². The van der Waals surface area contributed by atoms with Crippen LogP contribution in [0.2, 0.25) is 0 Å². The summed E-state index contributed by atoms with van der Waals surface area (Å²) in [6.07, 6.45) is 3.37. The van der Waals surface area contributed by atoms with Crippen LogP contribution in [0.5, 0.6) is 0 Å². The smallest absolute Gasteiger partial charge is 0.315 e. The number of rotatable bonds is 7. The molecule has 2 rings (SSSR count). The largest absolute Gasteiger partial charge is 0.332 e. The predicted molar refractivity (Wildman–Crippen MR) is 83.2 cm³/mol. The standard InChI is InChI=1S/C12H22N4O2S.ClH/c13-5-7(14)9(17)3-1-2-4-10-11-8(6-19-10)15-12(18)16-11;/h7-8,10-11H,1-6,13-14H2,(H2,15,16,18);1H/t7?,8-,10-,11-;/m0./s1. The van der Waals surface area contributed by atoms with Gasteiger partial charge in [-0.3, -0.25) is 4.79 Å². The number of nitrogens with two attached hydrogens (primary N) is 2. The van der Waals surface area contributed by atoms with E-state index in [1.165, 1.54) is 0 Å². The summed E-state index contributed by atoms with van der Waals surface area (Å²) >= 11 is 1.90. The van der Waals surface area contributed by atoms with E-state index in [0.29, 0.717) is 11.7 Å². The number of ketones is 1. The second-order valence-electron chi connectivity index (χ2n) is 5.18. The van der Waals surface area contributed by atoms with Crippen molar-refractivity contribution in [2.45, 2.75) is 49.1 Å². The van der Waals surface area contributed by atoms with Crippen molar-refractivity contribution < 1.29 is 9.59 Å². The predicted octanol–water partition coefficient (Wildman–Crippen LogP) is -0.0109. The number of thioether (sulfide) groups is 1. The number of carbonyl (C=O) groups excluding carboxylic acids is 2. The Hall–Kier alpha value is -0.500. The lowest BCUT2D eigenvalue weighted by Crippen LogP contribution is -2.38. The Morgan fingerprint density at radius 3 is 2.85 bits per heavy atom. The summed E-state index contributed by atoms with van der Waals surface area (Å²) in [6, 6.07) is -0.0396. The fraction of sp³-hybridized carbons (Fsp3) is 0.833. The van der Waals surface area contributed by atoms with Crippen LogP contribution in [-0.4, -0.2) is 47.5 Å². The number of amides is 2. The van der Waals surface area contributed by atoms with Crippen LogP contribution >= 0.6 is 24.2 Å². The Morgan fingerprint density at radius 1 is 1.40 bits per heavy atom. The maximum atomic E-state index is 11.5. The second kappa shape index (κ2) is 8.07. The molecule has 2 fully saturated rings. The van der Waals surface area contributed by atoms with E-state index >= 15 is 0 Å². The molecule has 0 spiro atoms. The molecule has 0 radical (unpaired) electrons. The third kappa shape index (κ3) is 4.25. The zero-order valence-electron chi connectivity index (χ0n) is 11.3. The van der Waals surface area contributed by atoms with E-state index in [1.54, 1.807) is 0 Å². The van der Waals surface area contributed by atoms with E-state index < -0.39 is 6.04 Å². The molecule has 2 aliphatic heterocycles. The Balaban J connectivity index is 0.00000200. The van der Waals surface area contributed by atoms with Crippen molar-refractivity contribution in [1.29, 1.82) is 0 Å². The van der Waals surface area contributed by atoms with Gasteiger partial charge < -0.3 is 22.1 Å². The van der Waals surface area contributed by atoms with Crippen LogP contribution in [0.15, 0.2) is 0 Å². The minimum absolute atomic E-state index is 0. The van der Waals surface area contributed by atoms with Crippen molar-refractivity contribution in [2.75, 3.05) is 12.3 Å².